The summed E-state index contributed by atoms with van der Waals surface area (Å²) in [5.41, 5.74) is 6.84. The van der Waals surface area contributed by atoms with Gasteiger partial charge in [-0.3, -0.25) is 14.2 Å². The van der Waals surface area contributed by atoms with Crippen molar-refractivity contribution in [1.82, 2.24) is 14.9 Å². The van der Waals surface area contributed by atoms with E-state index in [4.69, 9.17) is 5.73 Å². The van der Waals surface area contributed by atoms with Crippen LogP contribution in [0.5, 0.6) is 0 Å². The molecule has 0 bridgehead atoms. The van der Waals surface area contributed by atoms with Crippen molar-refractivity contribution in [1.29, 1.82) is 0 Å². The molecular formula is C20H21BrN4O2. The van der Waals surface area contributed by atoms with Crippen molar-refractivity contribution >= 4 is 32.7 Å². The molecule has 3 aromatic rings. The number of hydrogen-bond acceptors (Lipinski definition) is 4. The molecule has 7 heteroatoms. The summed E-state index contributed by atoms with van der Waals surface area (Å²) in [4.78, 5) is 28.8. The van der Waals surface area contributed by atoms with Crippen molar-refractivity contribution in [3.8, 4) is 0 Å². The lowest BCUT2D eigenvalue weighted by molar-refractivity contribution is -0.118. The van der Waals surface area contributed by atoms with Gasteiger partial charge in [0.25, 0.3) is 5.56 Å². The molecule has 1 atom stereocenters. The van der Waals surface area contributed by atoms with E-state index in [1.165, 1.54) is 4.57 Å². The Balaban J connectivity index is 1.93. The minimum absolute atomic E-state index is 0.100. The number of hydrogen-bond donors (Lipinski definition) is 2. The van der Waals surface area contributed by atoms with Gasteiger partial charge >= 0.3 is 0 Å². The van der Waals surface area contributed by atoms with Crippen molar-refractivity contribution in [2.75, 3.05) is 0 Å². The lowest BCUT2D eigenvalue weighted by Gasteiger charge is -2.19. The van der Waals surface area contributed by atoms with Gasteiger partial charge in [-0.15, -0.1) is 0 Å². The number of nitrogens with one attached hydrogen (secondary N) is 1. The summed E-state index contributed by atoms with van der Waals surface area (Å²) < 4.78 is 2.37. The maximum absolute atomic E-state index is 12.8. The number of aromatic nitrogens is 2. The molecule has 2 aromatic carbocycles. The van der Waals surface area contributed by atoms with Crippen LogP contribution in [-0.4, -0.2) is 15.5 Å². The Labute approximate surface area is 165 Å². The van der Waals surface area contributed by atoms with Crippen LogP contribution in [0, 0.1) is 0 Å². The molecule has 0 spiro atoms. The van der Waals surface area contributed by atoms with Crippen molar-refractivity contribution in [2.45, 2.75) is 32.5 Å². The number of halogens is 1. The third-order valence-electron chi connectivity index (χ3n) is 4.44. The van der Waals surface area contributed by atoms with E-state index in [-0.39, 0.29) is 18.1 Å². The van der Waals surface area contributed by atoms with Gasteiger partial charge < -0.3 is 11.1 Å². The predicted molar refractivity (Wildman–Crippen MR) is 109 cm³/mol. The third kappa shape index (κ3) is 4.43. The van der Waals surface area contributed by atoms with E-state index in [2.05, 4.69) is 45.3 Å². The minimum atomic E-state index is -0.574. The van der Waals surface area contributed by atoms with Crippen LogP contribution in [0.15, 0.2) is 57.8 Å². The first-order valence-electron chi connectivity index (χ1n) is 8.75. The maximum atomic E-state index is 12.8. The highest BCUT2D eigenvalue weighted by molar-refractivity contribution is 9.10. The molecule has 0 aliphatic carbocycles. The van der Waals surface area contributed by atoms with E-state index in [0.717, 1.165) is 16.5 Å². The lowest BCUT2D eigenvalue weighted by atomic mass is 10.0. The zero-order chi connectivity index (χ0) is 19.4. The number of para-hydroxylation sites is 1. The van der Waals surface area contributed by atoms with Crippen molar-refractivity contribution in [3.05, 3.63) is 74.7 Å². The molecule has 1 aromatic heterocycles. The van der Waals surface area contributed by atoms with Gasteiger partial charge in [-0.25, -0.2) is 4.98 Å². The molecule has 3 N–H and O–H groups in total. The van der Waals surface area contributed by atoms with Crippen LogP contribution in [0.25, 0.3) is 10.9 Å². The first kappa shape index (κ1) is 19.3. The third-order valence-corrected chi connectivity index (χ3v) is 4.97. The summed E-state index contributed by atoms with van der Waals surface area (Å²) in [5, 5.41) is 3.91. The van der Waals surface area contributed by atoms with E-state index in [0.29, 0.717) is 23.3 Å². The highest BCUT2D eigenvalue weighted by atomic mass is 79.9. The molecule has 27 heavy (non-hydrogen) atoms. The zero-order valence-electron chi connectivity index (χ0n) is 15.0. The van der Waals surface area contributed by atoms with Crippen LogP contribution < -0.4 is 16.6 Å². The van der Waals surface area contributed by atoms with Gasteiger partial charge in [0.2, 0.25) is 5.91 Å². The normalized spacial score (nSPS) is 12.2. The highest BCUT2D eigenvalue weighted by Crippen LogP contribution is 2.20. The number of nitrogens with zero attached hydrogens (tertiary/aromatic N) is 2. The summed E-state index contributed by atoms with van der Waals surface area (Å²) in [6.07, 6.45) is 0.870. The second-order valence-corrected chi connectivity index (χ2v) is 7.21. The first-order chi connectivity index (χ1) is 13.0. The van der Waals surface area contributed by atoms with Gasteiger partial charge in [0.15, 0.2) is 0 Å². The summed E-state index contributed by atoms with van der Waals surface area (Å²) in [5.74, 6) is -0.0801. The van der Waals surface area contributed by atoms with Crippen LogP contribution in [0.4, 0.5) is 0 Å². The quantitative estimate of drug-likeness (QED) is 0.605. The second kappa shape index (κ2) is 8.45. The average molecular weight is 429 g/mol. The summed E-state index contributed by atoms with van der Waals surface area (Å²) in [6.45, 7) is 2.24. The smallest absolute Gasteiger partial charge is 0.261 e. The molecule has 0 radical (unpaired) electrons. The van der Waals surface area contributed by atoms with E-state index >= 15 is 0 Å². The van der Waals surface area contributed by atoms with Crippen molar-refractivity contribution in [3.63, 3.8) is 0 Å². The number of fused-ring (bicyclic) bond motifs is 1. The monoisotopic (exact) mass is 428 g/mol. The molecule has 1 heterocycles. The fraction of sp³-hybridized carbons (Fsp3) is 0.250. The number of rotatable bonds is 7. The Hall–Kier alpha value is -2.51. The largest absolute Gasteiger partial charge is 0.368 e. The molecule has 3 rings (SSSR count). The molecular weight excluding hydrogens is 408 g/mol. The Morgan fingerprint density at radius 2 is 1.93 bits per heavy atom. The molecule has 0 saturated heterocycles. The van der Waals surface area contributed by atoms with Crippen LogP contribution in [0.3, 0.4) is 0 Å². The molecule has 0 aliphatic heterocycles. The van der Waals surface area contributed by atoms with Gasteiger partial charge in [-0.2, -0.15) is 0 Å². The summed E-state index contributed by atoms with van der Waals surface area (Å²) in [6, 6.07) is 15.3. The predicted octanol–water partition coefficient (Wildman–Crippen LogP) is 2.89. The summed E-state index contributed by atoms with van der Waals surface area (Å²) >= 11 is 3.44. The summed E-state index contributed by atoms with van der Waals surface area (Å²) in [7, 11) is 0. The molecule has 6 nitrogen and oxygen atoms in total. The number of carbonyl (C=O) groups is 1. The SMILES string of the molecule is CC[C@H](NCc1nc2ccccc2c(=O)n1CC(N)=O)c1ccc(Br)cc1. The van der Waals surface area contributed by atoms with Crippen molar-refractivity contribution in [2.24, 2.45) is 5.73 Å². The first-order valence-corrected chi connectivity index (χ1v) is 9.54. The van der Waals surface area contributed by atoms with Crippen LogP contribution >= 0.6 is 15.9 Å². The number of primary amides is 1. The van der Waals surface area contributed by atoms with Gasteiger partial charge in [0.05, 0.1) is 17.4 Å². The molecule has 140 valence electrons. The van der Waals surface area contributed by atoms with Crippen LogP contribution in [-0.2, 0) is 17.9 Å². The minimum Gasteiger partial charge on any atom is -0.368 e. The molecule has 0 aliphatic rings. The molecule has 0 fully saturated rings. The van der Waals surface area contributed by atoms with Gasteiger partial charge in [-0.05, 0) is 36.2 Å². The van der Waals surface area contributed by atoms with Gasteiger partial charge in [0.1, 0.15) is 12.4 Å². The highest BCUT2D eigenvalue weighted by Gasteiger charge is 2.15. The fourth-order valence-corrected chi connectivity index (χ4v) is 3.34. The molecule has 0 unspecified atom stereocenters. The zero-order valence-corrected chi connectivity index (χ0v) is 16.6. The van der Waals surface area contributed by atoms with Gasteiger partial charge in [0, 0.05) is 10.5 Å². The van der Waals surface area contributed by atoms with E-state index in [1.807, 2.05) is 18.2 Å². The van der Waals surface area contributed by atoms with Crippen molar-refractivity contribution < 1.29 is 4.79 Å². The van der Waals surface area contributed by atoms with Crippen LogP contribution in [0.2, 0.25) is 0 Å². The maximum Gasteiger partial charge on any atom is 0.261 e. The van der Waals surface area contributed by atoms with E-state index < -0.39 is 5.91 Å². The Bertz CT molecular complexity index is 1010. The number of amides is 1. The average Bonchev–Trinajstić information content (AvgIpc) is 2.66. The second-order valence-electron chi connectivity index (χ2n) is 6.30. The fourth-order valence-electron chi connectivity index (χ4n) is 3.08. The topological polar surface area (TPSA) is 90.0 Å². The number of nitrogens with two attached hydrogens (primary N) is 1. The Morgan fingerprint density at radius 3 is 2.59 bits per heavy atom. The van der Waals surface area contributed by atoms with E-state index in [9.17, 15) is 9.59 Å². The van der Waals surface area contributed by atoms with Crippen LogP contribution in [0.1, 0.15) is 30.8 Å². The lowest BCUT2D eigenvalue weighted by Crippen LogP contribution is -2.34. The van der Waals surface area contributed by atoms with Gasteiger partial charge in [-0.1, -0.05) is 47.1 Å². The molecule has 0 saturated carbocycles. The Kier molecular flexibility index (Phi) is 6.03. The van der Waals surface area contributed by atoms with E-state index in [1.54, 1.807) is 18.2 Å². The number of benzene rings is 2. The molecule has 1 amide bonds. The standard InChI is InChI=1S/C20H21BrN4O2/c1-2-16(13-7-9-14(21)10-8-13)23-11-19-24-17-6-4-3-5-15(17)20(27)25(19)12-18(22)26/h3-10,16,23H,2,11-12H2,1H3,(H2,22,26)/t16-/m0/s1. The number of carbonyl (C=O) groups excluding carboxylic acids is 1. The Morgan fingerprint density at radius 1 is 1.22 bits per heavy atom.